The van der Waals surface area contributed by atoms with E-state index in [1.165, 1.54) is 20.8 Å². The molecule has 244 valence electrons. The van der Waals surface area contributed by atoms with Gasteiger partial charge in [0.2, 0.25) is 0 Å². The standard InChI is InChI=1S/C33H53NO9/c1-17(34)24-12-15-33(38)26-9-8-22-16-23(10-13-31(22,6)25(26)11-14-32(24,33)7)43-30-29(42-21(5)37)28(41-20(4)36)27(18(2)39-30)40-19(3)35/h17-18,22-30,38H,8-16,34H2,1-7H3/t17-,18+,22-,23+,24-,25+,26-,27+,28-,29-,30-,31+,32-,33+/m1/s1. The van der Waals surface area contributed by atoms with Gasteiger partial charge in [0.25, 0.3) is 0 Å². The largest absolute Gasteiger partial charge is 0.456 e. The summed E-state index contributed by atoms with van der Waals surface area (Å²) in [6, 6.07) is 0.0837. The van der Waals surface area contributed by atoms with E-state index in [2.05, 4.69) is 20.8 Å². The summed E-state index contributed by atoms with van der Waals surface area (Å²) >= 11 is 0. The Bertz CT molecular complexity index is 1080. The molecule has 1 heterocycles. The second-order valence-electron chi connectivity index (χ2n) is 14.8. The first-order valence-electron chi connectivity index (χ1n) is 16.4. The van der Waals surface area contributed by atoms with Gasteiger partial charge in [0.05, 0.1) is 17.8 Å². The van der Waals surface area contributed by atoms with Crippen LogP contribution >= 0.6 is 0 Å². The van der Waals surface area contributed by atoms with Crippen LogP contribution in [0.25, 0.3) is 0 Å². The molecular weight excluding hydrogens is 554 g/mol. The normalized spacial score (nSPS) is 48.2. The van der Waals surface area contributed by atoms with E-state index in [0.717, 1.165) is 57.8 Å². The Hall–Kier alpha value is -1.75. The molecule has 0 aromatic carbocycles. The third kappa shape index (κ3) is 5.63. The van der Waals surface area contributed by atoms with Crippen molar-refractivity contribution in [2.24, 2.45) is 40.2 Å². The van der Waals surface area contributed by atoms with E-state index in [0.29, 0.717) is 17.8 Å². The fourth-order valence-electron chi connectivity index (χ4n) is 10.5. The molecule has 0 aromatic heterocycles. The molecule has 5 aliphatic rings. The Morgan fingerprint density at radius 3 is 2.09 bits per heavy atom. The molecule has 0 aromatic rings. The monoisotopic (exact) mass is 607 g/mol. The van der Waals surface area contributed by atoms with Crippen molar-refractivity contribution in [1.29, 1.82) is 0 Å². The Kier molecular flexibility index (Phi) is 9.02. The van der Waals surface area contributed by atoms with Crippen molar-refractivity contribution >= 4 is 17.9 Å². The van der Waals surface area contributed by atoms with E-state index >= 15 is 0 Å². The van der Waals surface area contributed by atoms with Gasteiger partial charge in [0.1, 0.15) is 0 Å². The molecule has 4 saturated carbocycles. The molecule has 10 nitrogen and oxygen atoms in total. The van der Waals surface area contributed by atoms with E-state index < -0.39 is 54.2 Å². The van der Waals surface area contributed by atoms with Crippen molar-refractivity contribution in [3.05, 3.63) is 0 Å². The third-order valence-corrected chi connectivity index (χ3v) is 12.5. The molecule has 0 amide bonds. The van der Waals surface area contributed by atoms with E-state index in [9.17, 15) is 19.5 Å². The van der Waals surface area contributed by atoms with Crippen molar-refractivity contribution in [3.8, 4) is 0 Å². The molecule has 1 saturated heterocycles. The van der Waals surface area contributed by atoms with Gasteiger partial charge in [-0.05, 0) is 101 Å². The Balaban J connectivity index is 1.31. The van der Waals surface area contributed by atoms with Gasteiger partial charge in [-0.15, -0.1) is 0 Å². The summed E-state index contributed by atoms with van der Waals surface area (Å²) in [6.45, 7) is 12.3. The minimum atomic E-state index is -1.09. The molecule has 5 rings (SSSR count). The predicted octanol–water partition coefficient (Wildman–Crippen LogP) is 4.03. The SMILES string of the molecule is CC(=O)O[C@@H]1[C@@H](OC(C)=O)[C@H](C)O[C@H](O[C@H]2CC[C@@]3(C)[C@H](CC[C@@H]4[C@@H]3CC[C@]3(C)[C@@H]([C@@H](C)N)CC[C@]43O)C2)[C@@H]1OC(C)=O. The van der Waals surface area contributed by atoms with E-state index in [4.69, 9.17) is 29.4 Å². The maximum absolute atomic E-state index is 12.3. The van der Waals surface area contributed by atoms with Crippen LogP contribution in [0.3, 0.4) is 0 Å². The summed E-state index contributed by atoms with van der Waals surface area (Å²) in [7, 11) is 0. The third-order valence-electron chi connectivity index (χ3n) is 12.5. The summed E-state index contributed by atoms with van der Waals surface area (Å²) in [5.74, 6) is -0.201. The van der Waals surface area contributed by atoms with Crippen LogP contribution in [0.15, 0.2) is 0 Å². The minimum Gasteiger partial charge on any atom is -0.456 e. The molecule has 0 bridgehead atoms. The Labute approximate surface area is 256 Å². The Morgan fingerprint density at radius 2 is 1.47 bits per heavy atom. The highest BCUT2D eigenvalue weighted by Crippen LogP contribution is 2.69. The zero-order valence-electron chi connectivity index (χ0n) is 27.0. The molecule has 0 radical (unpaired) electrons. The zero-order chi connectivity index (χ0) is 31.5. The van der Waals surface area contributed by atoms with Gasteiger partial charge >= 0.3 is 17.9 Å². The van der Waals surface area contributed by atoms with Crippen molar-refractivity contribution < 1.29 is 43.2 Å². The summed E-state index contributed by atoms with van der Waals surface area (Å²) in [5.41, 5.74) is 5.74. The second kappa shape index (κ2) is 11.9. The maximum Gasteiger partial charge on any atom is 0.303 e. The van der Waals surface area contributed by atoms with Gasteiger partial charge in [-0.25, -0.2) is 0 Å². The summed E-state index contributed by atoms with van der Waals surface area (Å²) in [4.78, 5) is 36.0. The van der Waals surface area contributed by atoms with Crippen LogP contribution in [0.1, 0.15) is 106 Å². The topological polar surface area (TPSA) is 144 Å². The van der Waals surface area contributed by atoms with Crippen LogP contribution in [-0.4, -0.2) is 71.5 Å². The molecule has 0 unspecified atom stereocenters. The molecular formula is C33H53NO9. The lowest BCUT2D eigenvalue weighted by Gasteiger charge is -2.64. The van der Waals surface area contributed by atoms with Crippen LogP contribution in [0.5, 0.6) is 0 Å². The smallest absolute Gasteiger partial charge is 0.303 e. The summed E-state index contributed by atoms with van der Waals surface area (Å²) in [5, 5.41) is 12.3. The molecule has 14 atom stereocenters. The van der Waals surface area contributed by atoms with Crippen LogP contribution in [0.4, 0.5) is 0 Å². The Morgan fingerprint density at radius 1 is 0.837 bits per heavy atom. The average Bonchev–Trinajstić information content (AvgIpc) is 3.19. The van der Waals surface area contributed by atoms with Gasteiger partial charge in [0, 0.05) is 32.2 Å². The van der Waals surface area contributed by atoms with Crippen LogP contribution < -0.4 is 5.73 Å². The van der Waals surface area contributed by atoms with Gasteiger partial charge in [-0.3, -0.25) is 14.4 Å². The van der Waals surface area contributed by atoms with E-state index in [-0.39, 0.29) is 28.9 Å². The molecule has 1 aliphatic heterocycles. The van der Waals surface area contributed by atoms with Crippen molar-refractivity contribution in [3.63, 3.8) is 0 Å². The van der Waals surface area contributed by atoms with Gasteiger partial charge in [-0.1, -0.05) is 13.8 Å². The zero-order valence-corrected chi connectivity index (χ0v) is 27.0. The number of aliphatic hydroxyl groups is 1. The lowest BCUT2D eigenvalue weighted by atomic mass is 9.43. The van der Waals surface area contributed by atoms with E-state index in [1.54, 1.807) is 6.92 Å². The first kappa shape index (κ1) is 32.6. The maximum atomic E-state index is 12.3. The number of esters is 3. The first-order chi connectivity index (χ1) is 20.1. The molecule has 0 spiro atoms. The first-order valence-corrected chi connectivity index (χ1v) is 16.4. The van der Waals surface area contributed by atoms with Crippen LogP contribution in [0.2, 0.25) is 0 Å². The highest BCUT2D eigenvalue weighted by Gasteiger charge is 2.67. The molecule has 10 heteroatoms. The van der Waals surface area contributed by atoms with Crippen molar-refractivity contribution in [2.45, 2.75) is 155 Å². The number of fused-ring (bicyclic) bond motifs is 5. The van der Waals surface area contributed by atoms with Crippen molar-refractivity contribution in [1.82, 2.24) is 0 Å². The number of nitrogens with two attached hydrogens (primary N) is 1. The highest BCUT2D eigenvalue weighted by molar-refractivity contribution is 5.68. The lowest BCUT2D eigenvalue weighted by molar-refractivity contribution is -0.315. The average molecular weight is 608 g/mol. The number of carbonyl (C=O) groups excluding carboxylic acids is 3. The summed E-state index contributed by atoms with van der Waals surface area (Å²) in [6.07, 6.45) is 3.74. The lowest BCUT2D eigenvalue weighted by Crippen LogP contribution is -2.63. The minimum absolute atomic E-state index is 0.0837. The molecule has 43 heavy (non-hydrogen) atoms. The molecule has 5 fully saturated rings. The second-order valence-corrected chi connectivity index (χ2v) is 14.8. The van der Waals surface area contributed by atoms with Crippen LogP contribution in [-0.2, 0) is 38.1 Å². The fraction of sp³-hybridized carbons (Fsp3) is 0.909. The van der Waals surface area contributed by atoms with Crippen LogP contribution in [0, 0.1) is 34.5 Å². The quantitative estimate of drug-likeness (QED) is 0.258. The van der Waals surface area contributed by atoms with E-state index in [1.807, 2.05) is 0 Å². The fourth-order valence-corrected chi connectivity index (χ4v) is 10.5. The number of rotatable bonds is 6. The van der Waals surface area contributed by atoms with Gasteiger partial charge in [0.15, 0.2) is 24.6 Å². The van der Waals surface area contributed by atoms with Gasteiger partial charge < -0.3 is 34.5 Å². The predicted molar refractivity (Wildman–Crippen MR) is 156 cm³/mol. The van der Waals surface area contributed by atoms with Gasteiger partial charge in [-0.2, -0.15) is 0 Å². The molecule has 4 aliphatic carbocycles. The number of ether oxygens (including phenoxy) is 5. The van der Waals surface area contributed by atoms with Crippen molar-refractivity contribution in [2.75, 3.05) is 0 Å². The highest BCUT2D eigenvalue weighted by atomic mass is 16.7. The molecule has 3 N–H and O–H groups in total. The summed E-state index contributed by atoms with van der Waals surface area (Å²) < 4.78 is 29.3. The number of hydrogen-bond acceptors (Lipinski definition) is 10. The number of hydrogen-bond donors (Lipinski definition) is 2. The number of carbonyl (C=O) groups is 3.